The van der Waals surface area contributed by atoms with E-state index in [1.165, 1.54) is 0 Å². The highest BCUT2D eigenvalue weighted by Gasteiger charge is 2.20. The molecule has 18 heavy (non-hydrogen) atoms. The number of hydrogen-bond acceptors (Lipinski definition) is 4. The van der Waals surface area contributed by atoms with Gasteiger partial charge >= 0.3 is 12.0 Å². The smallest absolute Gasteiger partial charge is 0.328 e. The fourth-order valence-corrected chi connectivity index (χ4v) is 1.39. The average molecular weight is 255 g/mol. The molecule has 0 radical (unpaired) electrons. The number of carbonyl (C=O) groups is 4. The molecular weight excluding hydrogens is 242 g/mol. The predicted octanol–water partition coefficient (Wildman–Crippen LogP) is -1.27. The molecule has 1 atom stereocenters. The van der Waals surface area contributed by atoms with Gasteiger partial charge in [0.05, 0.1) is 0 Å². The number of imide groups is 1. The van der Waals surface area contributed by atoms with Crippen LogP contribution in [0.25, 0.3) is 0 Å². The first-order chi connectivity index (χ1) is 8.47. The van der Waals surface area contributed by atoms with Crippen molar-refractivity contribution in [2.45, 2.75) is 18.9 Å². The van der Waals surface area contributed by atoms with Gasteiger partial charge in [0.2, 0.25) is 5.91 Å². The number of aliphatic carboxylic acids is 1. The molecule has 1 aliphatic heterocycles. The summed E-state index contributed by atoms with van der Waals surface area (Å²) in [5.74, 6) is -2.17. The maximum absolute atomic E-state index is 11.2. The Morgan fingerprint density at radius 2 is 2.11 bits per heavy atom. The number of amides is 4. The van der Waals surface area contributed by atoms with E-state index in [-0.39, 0.29) is 18.5 Å². The molecule has 98 valence electrons. The normalized spacial score (nSPS) is 18.4. The van der Waals surface area contributed by atoms with Crippen molar-refractivity contribution in [3.05, 3.63) is 12.2 Å². The Morgan fingerprint density at radius 1 is 1.39 bits per heavy atom. The highest BCUT2D eigenvalue weighted by molar-refractivity contribution is 6.02. The summed E-state index contributed by atoms with van der Waals surface area (Å²) < 4.78 is 0. The van der Waals surface area contributed by atoms with E-state index in [1.54, 1.807) is 0 Å². The van der Waals surface area contributed by atoms with E-state index in [0.29, 0.717) is 18.9 Å². The van der Waals surface area contributed by atoms with Gasteiger partial charge in [0.1, 0.15) is 0 Å². The van der Waals surface area contributed by atoms with Crippen LogP contribution in [0.1, 0.15) is 12.8 Å². The molecule has 1 unspecified atom stereocenters. The molecule has 8 heteroatoms. The predicted molar refractivity (Wildman–Crippen MR) is 59.5 cm³/mol. The van der Waals surface area contributed by atoms with Crippen LogP contribution in [-0.4, -0.2) is 41.5 Å². The molecule has 1 heterocycles. The Hall–Kier alpha value is -2.38. The van der Waals surface area contributed by atoms with E-state index in [4.69, 9.17) is 5.11 Å². The maximum atomic E-state index is 11.2. The van der Waals surface area contributed by atoms with Gasteiger partial charge < -0.3 is 15.7 Å². The van der Waals surface area contributed by atoms with Crippen LogP contribution in [0.4, 0.5) is 4.79 Å². The summed E-state index contributed by atoms with van der Waals surface area (Å²) in [5.41, 5.74) is 0. The highest BCUT2D eigenvalue weighted by atomic mass is 16.4. The van der Waals surface area contributed by atoms with Gasteiger partial charge in [0, 0.05) is 31.2 Å². The van der Waals surface area contributed by atoms with E-state index in [2.05, 4.69) is 10.6 Å². The molecule has 0 spiro atoms. The second kappa shape index (κ2) is 6.38. The third kappa shape index (κ3) is 5.10. The first-order valence-corrected chi connectivity index (χ1v) is 5.26. The summed E-state index contributed by atoms with van der Waals surface area (Å²) >= 11 is 0. The fourth-order valence-electron chi connectivity index (χ4n) is 1.39. The minimum atomic E-state index is -1.28. The zero-order valence-electron chi connectivity index (χ0n) is 9.43. The number of rotatable bonds is 4. The van der Waals surface area contributed by atoms with Crippen LogP contribution in [0.5, 0.6) is 0 Å². The number of carbonyl (C=O) groups excluding carboxylic acids is 3. The van der Waals surface area contributed by atoms with Crippen molar-refractivity contribution in [1.82, 2.24) is 16.0 Å². The molecule has 0 aromatic heterocycles. The minimum Gasteiger partial charge on any atom is -0.478 e. The van der Waals surface area contributed by atoms with Crippen LogP contribution >= 0.6 is 0 Å². The Kier molecular flexibility index (Phi) is 4.85. The van der Waals surface area contributed by atoms with Crippen molar-refractivity contribution in [2.24, 2.45) is 0 Å². The standard InChI is InChI=1S/C10H13N3O5/c14-7-2-1-6(12-7)5-11-10(18)13-8(15)3-4-9(16)17/h3-4,6H,1-2,5H2,(H,12,14)(H,16,17)(H2,11,13,15,18). The lowest BCUT2D eigenvalue weighted by molar-refractivity contribution is -0.131. The second-order valence-corrected chi connectivity index (χ2v) is 3.67. The average Bonchev–Trinajstić information content (AvgIpc) is 2.70. The first-order valence-electron chi connectivity index (χ1n) is 5.26. The van der Waals surface area contributed by atoms with Crippen LogP contribution < -0.4 is 16.0 Å². The third-order valence-corrected chi connectivity index (χ3v) is 2.21. The van der Waals surface area contributed by atoms with Crippen molar-refractivity contribution >= 4 is 23.8 Å². The lowest BCUT2D eigenvalue weighted by atomic mass is 10.2. The third-order valence-electron chi connectivity index (χ3n) is 2.21. The molecule has 8 nitrogen and oxygen atoms in total. The number of carboxylic acids is 1. The monoisotopic (exact) mass is 255 g/mol. The Morgan fingerprint density at radius 3 is 2.67 bits per heavy atom. The molecule has 0 saturated carbocycles. The highest BCUT2D eigenvalue weighted by Crippen LogP contribution is 2.04. The van der Waals surface area contributed by atoms with Crippen LogP contribution in [0.2, 0.25) is 0 Å². The molecule has 1 rings (SSSR count). The largest absolute Gasteiger partial charge is 0.478 e. The zero-order valence-corrected chi connectivity index (χ0v) is 9.43. The first kappa shape index (κ1) is 13.7. The van der Waals surface area contributed by atoms with Crippen LogP contribution in [0.3, 0.4) is 0 Å². The van der Waals surface area contributed by atoms with Crippen molar-refractivity contribution in [1.29, 1.82) is 0 Å². The van der Waals surface area contributed by atoms with Crippen molar-refractivity contribution in [3.8, 4) is 0 Å². The molecule has 0 aromatic rings. The van der Waals surface area contributed by atoms with Gasteiger partial charge in [-0.25, -0.2) is 9.59 Å². The Labute approximate surface area is 102 Å². The zero-order chi connectivity index (χ0) is 13.5. The van der Waals surface area contributed by atoms with Gasteiger partial charge in [-0.2, -0.15) is 0 Å². The van der Waals surface area contributed by atoms with Gasteiger partial charge in [0.15, 0.2) is 0 Å². The number of hydrogen-bond donors (Lipinski definition) is 4. The van der Waals surface area contributed by atoms with Crippen molar-refractivity contribution in [2.75, 3.05) is 6.54 Å². The van der Waals surface area contributed by atoms with Crippen molar-refractivity contribution < 1.29 is 24.3 Å². The molecule has 1 saturated heterocycles. The summed E-state index contributed by atoms with van der Waals surface area (Å²) in [5, 5.41) is 15.2. The molecular formula is C10H13N3O5. The van der Waals surface area contributed by atoms with Gasteiger partial charge in [-0.3, -0.25) is 14.9 Å². The quantitative estimate of drug-likeness (QED) is 0.466. The molecule has 4 amide bonds. The van der Waals surface area contributed by atoms with Gasteiger partial charge in [0.25, 0.3) is 5.91 Å². The van der Waals surface area contributed by atoms with Crippen LogP contribution in [0.15, 0.2) is 12.2 Å². The summed E-state index contributed by atoms with van der Waals surface area (Å²) in [6.45, 7) is 0.216. The van der Waals surface area contributed by atoms with Gasteiger partial charge in [-0.1, -0.05) is 0 Å². The maximum Gasteiger partial charge on any atom is 0.328 e. The van der Waals surface area contributed by atoms with E-state index < -0.39 is 17.9 Å². The fraction of sp³-hybridized carbons (Fsp3) is 0.400. The molecule has 0 bridgehead atoms. The molecule has 1 aliphatic rings. The minimum absolute atomic E-state index is 0.0670. The lowest BCUT2D eigenvalue weighted by Crippen LogP contribution is -2.44. The molecule has 0 aliphatic carbocycles. The SMILES string of the molecule is O=C(O)C=CC(=O)NC(=O)NCC1CCC(=O)N1. The number of carboxylic acid groups (broad SMARTS) is 1. The molecule has 0 aromatic carbocycles. The summed E-state index contributed by atoms with van der Waals surface area (Å²) in [4.78, 5) is 43.2. The van der Waals surface area contributed by atoms with Gasteiger partial charge in [-0.05, 0) is 6.42 Å². The van der Waals surface area contributed by atoms with Gasteiger partial charge in [-0.15, -0.1) is 0 Å². The summed E-state index contributed by atoms with van der Waals surface area (Å²) in [7, 11) is 0. The van der Waals surface area contributed by atoms with E-state index in [9.17, 15) is 19.2 Å². The number of nitrogens with one attached hydrogen (secondary N) is 3. The molecule has 4 N–H and O–H groups in total. The lowest BCUT2D eigenvalue weighted by Gasteiger charge is -2.10. The van der Waals surface area contributed by atoms with E-state index in [1.807, 2.05) is 5.32 Å². The summed E-state index contributed by atoms with van der Waals surface area (Å²) in [6, 6.07) is -0.871. The Balaban J connectivity index is 2.23. The van der Waals surface area contributed by atoms with Crippen LogP contribution in [-0.2, 0) is 14.4 Å². The Bertz CT molecular complexity index is 404. The van der Waals surface area contributed by atoms with E-state index in [0.717, 1.165) is 6.08 Å². The molecule has 1 fully saturated rings. The topological polar surface area (TPSA) is 125 Å². The second-order valence-electron chi connectivity index (χ2n) is 3.67. The van der Waals surface area contributed by atoms with E-state index >= 15 is 0 Å². The summed E-state index contributed by atoms with van der Waals surface area (Å²) in [6.07, 6.45) is 2.42. The van der Waals surface area contributed by atoms with Crippen molar-refractivity contribution in [3.63, 3.8) is 0 Å². The number of urea groups is 1. The van der Waals surface area contributed by atoms with Crippen LogP contribution in [0, 0.1) is 0 Å².